The maximum absolute atomic E-state index is 12.2. The molecule has 0 radical (unpaired) electrons. The van der Waals surface area contributed by atoms with Crippen molar-refractivity contribution in [3.05, 3.63) is 41.7 Å². The van der Waals surface area contributed by atoms with E-state index in [1.165, 1.54) is 0 Å². The molecule has 18 heavy (non-hydrogen) atoms. The molecule has 6 heteroatoms. The lowest BCUT2D eigenvalue weighted by Gasteiger charge is -2.07. The van der Waals surface area contributed by atoms with Gasteiger partial charge in [0.15, 0.2) is 9.84 Å². The van der Waals surface area contributed by atoms with Crippen molar-refractivity contribution in [2.24, 2.45) is 7.05 Å². The summed E-state index contributed by atoms with van der Waals surface area (Å²) in [6, 6.07) is 6.62. The van der Waals surface area contributed by atoms with E-state index in [9.17, 15) is 8.42 Å². The first kappa shape index (κ1) is 12.6. The van der Waals surface area contributed by atoms with Crippen LogP contribution in [-0.4, -0.2) is 18.2 Å². The fourth-order valence-electron chi connectivity index (χ4n) is 1.76. The van der Waals surface area contributed by atoms with Gasteiger partial charge in [0.1, 0.15) is 0 Å². The third-order valence-electron chi connectivity index (χ3n) is 2.61. The molecule has 1 aromatic carbocycles. The fourth-order valence-corrected chi connectivity index (χ4v) is 3.16. The predicted octanol–water partition coefficient (Wildman–Crippen LogP) is 1.28. The smallest absolute Gasteiger partial charge is 0.186 e. The molecule has 0 spiro atoms. The number of aromatic nitrogens is 2. The first-order valence-corrected chi connectivity index (χ1v) is 7.11. The van der Waals surface area contributed by atoms with Gasteiger partial charge in [0.25, 0.3) is 0 Å². The number of hydrogen-bond acceptors (Lipinski definition) is 4. The molecule has 2 rings (SSSR count). The van der Waals surface area contributed by atoms with Gasteiger partial charge in [-0.25, -0.2) is 8.42 Å². The summed E-state index contributed by atoms with van der Waals surface area (Å²) in [6.45, 7) is 1.87. The Bertz CT molecular complexity index is 674. The Hall–Kier alpha value is -1.82. The third kappa shape index (κ3) is 2.53. The number of rotatable bonds is 3. The number of anilines is 1. The van der Waals surface area contributed by atoms with Crippen LogP contribution in [0.2, 0.25) is 0 Å². The molecular weight excluding hydrogens is 250 g/mol. The van der Waals surface area contributed by atoms with Gasteiger partial charge in [0, 0.05) is 13.2 Å². The lowest BCUT2D eigenvalue weighted by atomic mass is 10.2. The molecule has 2 N–H and O–H groups in total. The molecular formula is C12H15N3O2S. The number of nitrogens with zero attached hydrogens (tertiary/aromatic N) is 2. The number of nitrogens with two attached hydrogens (primary N) is 1. The third-order valence-corrected chi connectivity index (χ3v) is 4.32. The van der Waals surface area contributed by atoms with Crippen LogP contribution in [0, 0.1) is 6.92 Å². The molecule has 0 fully saturated rings. The number of hydrogen-bond donors (Lipinski definition) is 1. The minimum atomic E-state index is -3.45. The van der Waals surface area contributed by atoms with Gasteiger partial charge in [-0.3, -0.25) is 4.68 Å². The van der Waals surface area contributed by atoms with Crippen molar-refractivity contribution in [2.45, 2.75) is 17.6 Å². The molecule has 0 saturated heterocycles. The lowest BCUT2D eigenvalue weighted by Crippen LogP contribution is -2.08. The average Bonchev–Trinajstić information content (AvgIpc) is 2.62. The van der Waals surface area contributed by atoms with E-state index < -0.39 is 9.84 Å². The molecule has 2 aromatic rings. The van der Waals surface area contributed by atoms with E-state index in [1.54, 1.807) is 42.2 Å². The van der Waals surface area contributed by atoms with Crippen LogP contribution in [0.25, 0.3) is 0 Å². The van der Waals surface area contributed by atoms with E-state index in [2.05, 4.69) is 5.10 Å². The first-order valence-electron chi connectivity index (χ1n) is 5.46. The lowest BCUT2D eigenvalue weighted by molar-refractivity contribution is 0.594. The molecule has 0 bridgehead atoms. The molecule has 0 aliphatic carbocycles. The molecule has 0 aliphatic heterocycles. The van der Waals surface area contributed by atoms with Gasteiger partial charge in [-0.05, 0) is 30.7 Å². The van der Waals surface area contributed by atoms with Crippen molar-refractivity contribution < 1.29 is 8.42 Å². The SMILES string of the molecule is Cc1ccc(S(=O)(=O)Cc2ccn(C)n2)c(N)c1. The van der Waals surface area contributed by atoms with E-state index in [-0.39, 0.29) is 16.3 Å². The maximum Gasteiger partial charge on any atom is 0.186 e. The molecule has 1 aromatic heterocycles. The summed E-state index contributed by atoms with van der Waals surface area (Å²) in [5.74, 6) is -0.138. The minimum Gasteiger partial charge on any atom is -0.398 e. The Balaban J connectivity index is 2.36. The monoisotopic (exact) mass is 265 g/mol. The van der Waals surface area contributed by atoms with Crippen LogP contribution in [0.3, 0.4) is 0 Å². The molecule has 1 heterocycles. The maximum atomic E-state index is 12.2. The van der Waals surface area contributed by atoms with Gasteiger partial charge in [-0.2, -0.15) is 5.10 Å². The van der Waals surface area contributed by atoms with E-state index in [1.807, 2.05) is 6.92 Å². The summed E-state index contributed by atoms with van der Waals surface area (Å²) in [5.41, 5.74) is 7.49. The molecule has 0 unspecified atom stereocenters. The summed E-state index contributed by atoms with van der Waals surface area (Å²) in [7, 11) is -1.70. The van der Waals surface area contributed by atoms with Crippen molar-refractivity contribution in [1.29, 1.82) is 0 Å². The molecule has 0 aliphatic rings. The fraction of sp³-hybridized carbons (Fsp3) is 0.250. The Kier molecular flexibility index (Phi) is 3.13. The van der Waals surface area contributed by atoms with Gasteiger partial charge >= 0.3 is 0 Å². The number of benzene rings is 1. The number of sulfone groups is 1. The van der Waals surface area contributed by atoms with E-state index >= 15 is 0 Å². The zero-order chi connectivity index (χ0) is 13.3. The van der Waals surface area contributed by atoms with Gasteiger partial charge < -0.3 is 5.73 Å². The van der Waals surface area contributed by atoms with Crippen molar-refractivity contribution in [1.82, 2.24) is 9.78 Å². The van der Waals surface area contributed by atoms with Crippen molar-refractivity contribution >= 4 is 15.5 Å². The number of nitrogen functional groups attached to an aromatic ring is 1. The highest BCUT2D eigenvalue weighted by Gasteiger charge is 2.19. The van der Waals surface area contributed by atoms with Gasteiger partial charge in [-0.15, -0.1) is 0 Å². The zero-order valence-corrected chi connectivity index (χ0v) is 11.1. The predicted molar refractivity (Wildman–Crippen MR) is 69.7 cm³/mol. The van der Waals surface area contributed by atoms with E-state index in [0.29, 0.717) is 5.69 Å². The van der Waals surface area contributed by atoms with Gasteiger partial charge in [0.05, 0.1) is 22.0 Å². The van der Waals surface area contributed by atoms with Crippen molar-refractivity contribution in [2.75, 3.05) is 5.73 Å². The molecule has 0 atom stereocenters. The highest BCUT2D eigenvalue weighted by molar-refractivity contribution is 7.90. The van der Waals surface area contributed by atoms with Crippen LogP contribution in [0.4, 0.5) is 5.69 Å². The Labute approximate surface area is 106 Å². The first-order chi connectivity index (χ1) is 8.38. The summed E-state index contributed by atoms with van der Waals surface area (Å²) < 4.78 is 26.0. The summed E-state index contributed by atoms with van der Waals surface area (Å²) in [6.07, 6.45) is 1.71. The Morgan fingerprint density at radius 2 is 2.06 bits per heavy atom. The summed E-state index contributed by atoms with van der Waals surface area (Å²) >= 11 is 0. The minimum absolute atomic E-state index is 0.138. The standard InChI is InChI=1S/C12H15N3O2S/c1-9-3-4-12(11(13)7-9)18(16,17)8-10-5-6-15(2)14-10/h3-7H,8,13H2,1-2H3. The Morgan fingerprint density at radius 3 is 2.61 bits per heavy atom. The van der Waals surface area contributed by atoms with Crippen LogP contribution in [0.5, 0.6) is 0 Å². The molecule has 96 valence electrons. The van der Waals surface area contributed by atoms with Crippen molar-refractivity contribution in [3.8, 4) is 0 Å². The second-order valence-corrected chi connectivity index (χ2v) is 6.24. The quantitative estimate of drug-likeness (QED) is 0.848. The van der Waals surface area contributed by atoms with Gasteiger partial charge in [0.2, 0.25) is 0 Å². The van der Waals surface area contributed by atoms with E-state index in [4.69, 9.17) is 5.73 Å². The number of aryl methyl sites for hydroxylation is 2. The summed E-state index contributed by atoms with van der Waals surface area (Å²) in [4.78, 5) is 0.166. The van der Waals surface area contributed by atoms with Crippen LogP contribution in [-0.2, 0) is 22.6 Å². The molecule has 5 nitrogen and oxygen atoms in total. The van der Waals surface area contributed by atoms with Crippen LogP contribution >= 0.6 is 0 Å². The largest absolute Gasteiger partial charge is 0.398 e. The average molecular weight is 265 g/mol. The normalized spacial score (nSPS) is 11.7. The summed E-state index contributed by atoms with van der Waals surface area (Å²) in [5, 5.41) is 4.07. The van der Waals surface area contributed by atoms with Gasteiger partial charge in [-0.1, -0.05) is 6.07 Å². The second kappa shape index (κ2) is 4.45. The zero-order valence-electron chi connectivity index (χ0n) is 10.3. The second-order valence-electron chi connectivity index (χ2n) is 4.28. The highest BCUT2D eigenvalue weighted by Crippen LogP contribution is 2.22. The molecule has 0 saturated carbocycles. The van der Waals surface area contributed by atoms with Crippen LogP contribution < -0.4 is 5.73 Å². The topological polar surface area (TPSA) is 78.0 Å². The van der Waals surface area contributed by atoms with Crippen LogP contribution in [0.1, 0.15) is 11.3 Å². The Morgan fingerprint density at radius 1 is 1.33 bits per heavy atom. The molecule has 0 amide bonds. The van der Waals surface area contributed by atoms with Crippen LogP contribution in [0.15, 0.2) is 35.4 Å². The highest BCUT2D eigenvalue weighted by atomic mass is 32.2. The van der Waals surface area contributed by atoms with Crippen molar-refractivity contribution in [3.63, 3.8) is 0 Å². The van der Waals surface area contributed by atoms with E-state index in [0.717, 1.165) is 5.56 Å².